The molecular weight excluding hydrogens is 274 g/mol. The Balaban J connectivity index is 3.02. The lowest BCUT2D eigenvalue weighted by Gasteiger charge is -2.19. The maximum atomic E-state index is 12.1. The van der Waals surface area contributed by atoms with E-state index in [9.17, 15) is 13.5 Å². The van der Waals surface area contributed by atoms with Gasteiger partial charge in [0.05, 0.1) is 16.8 Å². The van der Waals surface area contributed by atoms with Gasteiger partial charge in [0.2, 0.25) is 0 Å². The summed E-state index contributed by atoms with van der Waals surface area (Å²) in [6, 6.07) is 7.07. The van der Waals surface area contributed by atoms with Crippen LogP contribution in [0.15, 0.2) is 29.2 Å². The molecule has 0 saturated carbocycles. The first-order valence-electron chi connectivity index (χ1n) is 7.15. The highest BCUT2D eigenvalue weighted by atomic mass is 32.2. The minimum absolute atomic E-state index is 0.130. The Hall–Kier alpha value is -0.910. The second-order valence-electron chi connectivity index (χ2n) is 5.12. The second-order valence-corrected chi connectivity index (χ2v) is 7.23. The lowest BCUT2D eigenvalue weighted by atomic mass is 9.91. The fourth-order valence-electron chi connectivity index (χ4n) is 2.31. The zero-order valence-corrected chi connectivity index (χ0v) is 13.1. The molecule has 0 aliphatic rings. The van der Waals surface area contributed by atoms with Crippen LogP contribution in [0.2, 0.25) is 0 Å². The molecule has 0 radical (unpaired) electrons. The van der Waals surface area contributed by atoms with Gasteiger partial charge in [-0.1, -0.05) is 26.0 Å². The first kappa shape index (κ1) is 17.1. The fourth-order valence-corrected chi connectivity index (χ4v) is 3.69. The molecule has 0 aromatic heterocycles. The summed E-state index contributed by atoms with van der Waals surface area (Å²) in [5, 5.41) is 9.69. The molecule has 2 unspecified atom stereocenters. The molecule has 2 atom stereocenters. The standard InChI is InChI=1S/C15H25NO3S/c1-3-8-20(18,19)15-7-5-6-13(10-15)12(4-2)9-14(17)11-16/h5-7,10,12,14,17H,3-4,8-9,11,16H2,1-2H3. The predicted octanol–water partition coefficient (Wildman–Crippen LogP) is 2.07. The molecule has 1 aromatic rings. The van der Waals surface area contributed by atoms with Gasteiger partial charge in [-0.25, -0.2) is 8.42 Å². The Labute approximate surface area is 121 Å². The van der Waals surface area contributed by atoms with E-state index >= 15 is 0 Å². The number of hydrogen-bond donors (Lipinski definition) is 2. The Morgan fingerprint density at radius 2 is 2.00 bits per heavy atom. The SMILES string of the molecule is CCCS(=O)(=O)c1cccc(C(CC)CC(O)CN)c1. The summed E-state index contributed by atoms with van der Waals surface area (Å²) in [5.41, 5.74) is 6.40. The molecule has 0 heterocycles. The lowest BCUT2D eigenvalue weighted by molar-refractivity contribution is 0.162. The van der Waals surface area contributed by atoms with E-state index < -0.39 is 15.9 Å². The zero-order valence-electron chi connectivity index (χ0n) is 12.2. The first-order chi connectivity index (χ1) is 9.44. The highest BCUT2D eigenvalue weighted by molar-refractivity contribution is 7.91. The fraction of sp³-hybridized carbons (Fsp3) is 0.600. The molecule has 0 aliphatic carbocycles. The Kier molecular flexibility index (Phi) is 6.65. The maximum absolute atomic E-state index is 12.1. The van der Waals surface area contributed by atoms with Gasteiger partial charge in [-0.2, -0.15) is 0 Å². The van der Waals surface area contributed by atoms with Crippen molar-refractivity contribution in [3.63, 3.8) is 0 Å². The third-order valence-corrected chi connectivity index (χ3v) is 5.40. The summed E-state index contributed by atoms with van der Waals surface area (Å²) in [7, 11) is -3.20. The minimum Gasteiger partial charge on any atom is -0.392 e. The number of sulfone groups is 1. The van der Waals surface area contributed by atoms with Crippen LogP contribution in [0.3, 0.4) is 0 Å². The second kappa shape index (κ2) is 7.76. The topological polar surface area (TPSA) is 80.4 Å². The summed E-state index contributed by atoms with van der Waals surface area (Å²) < 4.78 is 24.2. The number of nitrogens with two attached hydrogens (primary N) is 1. The van der Waals surface area contributed by atoms with Gasteiger partial charge in [-0.15, -0.1) is 0 Å². The van der Waals surface area contributed by atoms with Crippen LogP contribution in [0.1, 0.15) is 44.6 Å². The van der Waals surface area contributed by atoms with Crippen molar-refractivity contribution in [3.8, 4) is 0 Å². The summed E-state index contributed by atoms with van der Waals surface area (Å²) in [4.78, 5) is 0.373. The Bertz CT molecular complexity index is 514. The van der Waals surface area contributed by atoms with Crippen molar-refractivity contribution < 1.29 is 13.5 Å². The van der Waals surface area contributed by atoms with Crippen LogP contribution in [0.4, 0.5) is 0 Å². The molecule has 0 saturated heterocycles. The predicted molar refractivity (Wildman–Crippen MR) is 81.5 cm³/mol. The molecule has 5 heteroatoms. The van der Waals surface area contributed by atoms with Crippen molar-refractivity contribution in [2.75, 3.05) is 12.3 Å². The zero-order chi connectivity index (χ0) is 15.2. The van der Waals surface area contributed by atoms with Gasteiger partial charge in [0.15, 0.2) is 9.84 Å². The van der Waals surface area contributed by atoms with Crippen molar-refractivity contribution in [2.45, 2.75) is 50.0 Å². The molecule has 114 valence electrons. The highest BCUT2D eigenvalue weighted by Crippen LogP contribution is 2.27. The number of benzene rings is 1. The first-order valence-corrected chi connectivity index (χ1v) is 8.80. The minimum atomic E-state index is -3.20. The lowest BCUT2D eigenvalue weighted by Crippen LogP contribution is -2.22. The summed E-state index contributed by atoms with van der Waals surface area (Å²) in [6.07, 6.45) is 1.46. The van der Waals surface area contributed by atoms with E-state index in [2.05, 4.69) is 0 Å². The molecule has 0 aliphatic heterocycles. The Morgan fingerprint density at radius 3 is 2.55 bits per heavy atom. The summed E-state index contributed by atoms with van der Waals surface area (Å²) >= 11 is 0. The average Bonchev–Trinajstić information content (AvgIpc) is 2.44. The monoisotopic (exact) mass is 299 g/mol. The summed E-state index contributed by atoms with van der Waals surface area (Å²) in [6.45, 7) is 4.11. The van der Waals surface area contributed by atoms with Crippen LogP contribution in [0, 0.1) is 0 Å². The van der Waals surface area contributed by atoms with Crippen molar-refractivity contribution in [1.82, 2.24) is 0 Å². The molecule has 0 fully saturated rings. The highest BCUT2D eigenvalue weighted by Gasteiger charge is 2.18. The van der Waals surface area contributed by atoms with Crippen LogP contribution >= 0.6 is 0 Å². The van der Waals surface area contributed by atoms with Gasteiger partial charge in [0, 0.05) is 6.54 Å². The van der Waals surface area contributed by atoms with E-state index in [1.807, 2.05) is 19.9 Å². The van der Waals surface area contributed by atoms with Crippen LogP contribution < -0.4 is 5.73 Å². The molecular formula is C15H25NO3S. The van der Waals surface area contributed by atoms with Gasteiger partial charge >= 0.3 is 0 Å². The normalized spacial score (nSPS) is 15.0. The van der Waals surface area contributed by atoms with E-state index in [-0.39, 0.29) is 18.2 Å². The molecule has 3 N–H and O–H groups in total. The quantitative estimate of drug-likeness (QED) is 0.770. The smallest absolute Gasteiger partial charge is 0.178 e. The average molecular weight is 299 g/mol. The molecule has 0 spiro atoms. The summed E-state index contributed by atoms with van der Waals surface area (Å²) in [5.74, 6) is 0.295. The number of rotatable bonds is 8. The molecule has 0 amide bonds. The van der Waals surface area contributed by atoms with E-state index in [0.29, 0.717) is 17.7 Å². The van der Waals surface area contributed by atoms with Gasteiger partial charge in [-0.05, 0) is 42.9 Å². The van der Waals surface area contributed by atoms with Gasteiger partial charge in [0.1, 0.15) is 0 Å². The number of hydrogen-bond acceptors (Lipinski definition) is 4. The largest absolute Gasteiger partial charge is 0.392 e. The van der Waals surface area contributed by atoms with Crippen LogP contribution in [0.25, 0.3) is 0 Å². The van der Waals surface area contributed by atoms with Crippen molar-refractivity contribution in [2.24, 2.45) is 5.73 Å². The van der Waals surface area contributed by atoms with Crippen molar-refractivity contribution in [1.29, 1.82) is 0 Å². The van der Waals surface area contributed by atoms with Gasteiger partial charge < -0.3 is 10.8 Å². The van der Waals surface area contributed by atoms with Crippen LogP contribution in [-0.2, 0) is 9.84 Å². The van der Waals surface area contributed by atoms with Gasteiger partial charge in [-0.3, -0.25) is 0 Å². The number of aliphatic hydroxyl groups excluding tert-OH is 1. The molecule has 0 bridgehead atoms. The van der Waals surface area contributed by atoms with Crippen molar-refractivity contribution in [3.05, 3.63) is 29.8 Å². The van der Waals surface area contributed by atoms with Crippen LogP contribution in [0.5, 0.6) is 0 Å². The maximum Gasteiger partial charge on any atom is 0.178 e. The van der Waals surface area contributed by atoms with Crippen molar-refractivity contribution >= 4 is 9.84 Å². The molecule has 4 nitrogen and oxygen atoms in total. The molecule has 20 heavy (non-hydrogen) atoms. The number of aliphatic hydroxyl groups is 1. The van der Waals surface area contributed by atoms with E-state index in [1.165, 1.54) is 0 Å². The molecule has 1 aromatic carbocycles. The van der Waals surface area contributed by atoms with E-state index in [4.69, 9.17) is 5.73 Å². The third-order valence-electron chi connectivity index (χ3n) is 3.48. The molecule has 1 rings (SSSR count). The van der Waals surface area contributed by atoms with E-state index in [1.54, 1.807) is 18.2 Å². The van der Waals surface area contributed by atoms with Crippen LogP contribution in [-0.4, -0.2) is 31.9 Å². The van der Waals surface area contributed by atoms with Gasteiger partial charge in [0.25, 0.3) is 0 Å². The third kappa shape index (κ3) is 4.58. The Morgan fingerprint density at radius 1 is 1.30 bits per heavy atom. The van der Waals surface area contributed by atoms with E-state index in [0.717, 1.165) is 12.0 Å².